The fraction of sp³-hybridized carbons (Fsp3) is 0.667. The van der Waals surface area contributed by atoms with Gasteiger partial charge in [-0.05, 0) is 42.8 Å². The van der Waals surface area contributed by atoms with Gasteiger partial charge in [0.25, 0.3) is 0 Å². The fourth-order valence-electron chi connectivity index (χ4n) is 2.87. The molecule has 0 radical (unpaired) electrons. The zero-order valence-electron chi connectivity index (χ0n) is 12.2. The summed E-state index contributed by atoms with van der Waals surface area (Å²) in [5.41, 5.74) is 1.01. The molecule has 5 heteroatoms. The first-order valence-electron chi connectivity index (χ1n) is 7.24. The number of piperidine rings is 1. The van der Waals surface area contributed by atoms with Gasteiger partial charge in [0.05, 0.1) is 13.2 Å². The van der Waals surface area contributed by atoms with E-state index in [0.29, 0.717) is 4.88 Å². The Labute approximate surface area is 124 Å². The van der Waals surface area contributed by atoms with Gasteiger partial charge in [-0.25, -0.2) is 4.79 Å². The van der Waals surface area contributed by atoms with Gasteiger partial charge in [0.1, 0.15) is 4.88 Å². The van der Waals surface area contributed by atoms with E-state index in [1.807, 2.05) is 18.4 Å². The molecule has 112 valence electrons. The number of hydrogen-bond acceptors (Lipinski definition) is 5. The van der Waals surface area contributed by atoms with E-state index in [4.69, 9.17) is 4.74 Å². The van der Waals surface area contributed by atoms with Crippen molar-refractivity contribution >= 4 is 17.3 Å². The number of thiophene rings is 1. The lowest BCUT2D eigenvalue weighted by Crippen LogP contribution is -2.46. The van der Waals surface area contributed by atoms with Crippen molar-refractivity contribution in [1.82, 2.24) is 4.90 Å². The predicted octanol–water partition coefficient (Wildman–Crippen LogP) is 2.66. The highest BCUT2D eigenvalue weighted by Crippen LogP contribution is 2.26. The van der Waals surface area contributed by atoms with E-state index >= 15 is 0 Å². The summed E-state index contributed by atoms with van der Waals surface area (Å²) >= 11 is 1.42. The van der Waals surface area contributed by atoms with Gasteiger partial charge in [-0.1, -0.05) is 13.3 Å². The number of aliphatic hydroxyl groups is 1. The molecule has 1 fully saturated rings. The number of esters is 1. The van der Waals surface area contributed by atoms with E-state index in [0.717, 1.165) is 37.9 Å². The van der Waals surface area contributed by atoms with E-state index < -0.39 is 0 Å². The van der Waals surface area contributed by atoms with Crippen molar-refractivity contribution in [3.05, 3.63) is 21.9 Å². The molecule has 20 heavy (non-hydrogen) atoms. The van der Waals surface area contributed by atoms with Crippen LogP contribution >= 0.6 is 11.3 Å². The third kappa shape index (κ3) is 3.40. The molecule has 0 aromatic carbocycles. The summed E-state index contributed by atoms with van der Waals surface area (Å²) in [4.78, 5) is 14.7. The van der Waals surface area contributed by atoms with Gasteiger partial charge in [-0.3, -0.25) is 4.90 Å². The molecule has 0 spiro atoms. The van der Waals surface area contributed by atoms with Crippen LogP contribution in [-0.2, 0) is 11.3 Å². The maximum atomic E-state index is 11.7. The Balaban J connectivity index is 2.11. The van der Waals surface area contributed by atoms with Gasteiger partial charge in [-0.15, -0.1) is 11.3 Å². The van der Waals surface area contributed by atoms with Crippen LogP contribution in [0.5, 0.6) is 0 Å². The molecular weight excluding hydrogens is 274 g/mol. The molecule has 1 N–H and O–H groups in total. The molecule has 1 aliphatic heterocycles. The highest BCUT2D eigenvalue weighted by Gasteiger charge is 2.28. The van der Waals surface area contributed by atoms with Crippen molar-refractivity contribution in [3.8, 4) is 0 Å². The lowest BCUT2D eigenvalue weighted by molar-refractivity contribution is 0.0193. The minimum atomic E-state index is -0.282. The average molecular weight is 297 g/mol. The predicted molar refractivity (Wildman–Crippen MR) is 80.0 cm³/mol. The SMILES string of the molecule is CCC(O)C1CCCCN1Cc1ccsc1C(=O)OC. The molecule has 2 unspecified atom stereocenters. The highest BCUT2D eigenvalue weighted by molar-refractivity contribution is 7.12. The first-order valence-corrected chi connectivity index (χ1v) is 8.12. The second-order valence-corrected chi connectivity index (χ2v) is 6.19. The Morgan fingerprint density at radius 3 is 3.10 bits per heavy atom. The summed E-state index contributed by atoms with van der Waals surface area (Å²) in [6.07, 6.45) is 3.85. The molecule has 0 bridgehead atoms. The Morgan fingerprint density at radius 2 is 2.40 bits per heavy atom. The Morgan fingerprint density at radius 1 is 1.60 bits per heavy atom. The summed E-state index contributed by atoms with van der Waals surface area (Å²) in [6, 6.07) is 2.19. The van der Waals surface area contributed by atoms with Crippen LogP contribution < -0.4 is 0 Å². The molecule has 0 amide bonds. The minimum Gasteiger partial charge on any atom is -0.465 e. The first-order chi connectivity index (χ1) is 9.67. The number of aliphatic hydroxyl groups excluding tert-OH is 1. The normalized spacial score (nSPS) is 21.6. The molecule has 0 aliphatic carbocycles. The smallest absolute Gasteiger partial charge is 0.348 e. The molecule has 0 saturated carbocycles. The molecule has 1 saturated heterocycles. The molecule has 1 aliphatic rings. The van der Waals surface area contributed by atoms with Crippen molar-refractivity contribution < 1.29 is 14.6 Å². The second kappa shape index (κ2) is 7.20. The number of likely N-dealkylation sites (tertiary alicyclic amines) is 1. The number of ether oxygens (including phenoxy) is 1. The number of carbonyl (C=O) groups excluding carboxylic acids is 1. The van der Waals surface area contributed by atoms with Crippen molar-refractivity contribution in [3.63, 3.8) is 0 Å². The van der Waals surface area contributed by atoms with Crippen LogP contribution in [0.15, 0.2) is 11.4 Å². The summed E-state index contributed by atoms with van der Waals surface area (Å²) in [5, 5.41) is 12.1. The monoisotopic (exact) mass is 297 g/mol. The quantitative estimate of drug-likeness (QED) is 0.849. The number of carbonyl (C=O) groups is 1. The topological polar surface area (TPSA) is 49.8 Å². The van der Waals surface area contributed by atoms with E-state index in [1.54, 1.807) is 0 Å². The molecule has 1 aromatic rings. The standard InChI is InChI=1S/C15H23NO3S/c1-3-13(17)12-6-4-5-8-16(12)10-11-7-9-20-14(11)15(18)19-2/h7,9,12-13,17H,3-6,8,10H2,1-2H3. The number of rotatable bonds is 5. The van der Waals surface area contributed by atoms with Crippen molar-refractivity contribution in [2.75, 3.05) is 13.7 Å². The Kier molecular flexibility index (Phi) is 5.57. The maximum Gasteiger partial charge on any atom is 0.348 e. The zero-order valence-corrected chi connectivity index (χ0v) is 13.0. The Bertz CT molecular complexity index is 446. The van der Waals surface area contributed by atoms with Crippen molar-refractivity contribution in [1.29, 1.82) is 0 Å². The van der Waals surface area contributed by atoms with Gasteiger partial charge in [0, 0.05) is 12.6 Å². The fourth-order valence-corrected chi connectivity index (χ4v) is 3.70. The van der Waals surface area contributed by atoms with Crippen molar-refractivity contribution in [2.45, 2.75) is 51.3 Å². The van der Waals surface area contributed by atoms with Crippen LogP contribution in [0, 0.1) is 0 Å². The molecule has 2 atom stereocenters. The maximum absolute atomic E-state index is 11.7. The number of hydrogen-bond donors (Lipinski definition) is 1. The van der Waals surface area contributed by atoms with Crippen LogP contribution in [-0.4, -0.2) is 41.8 Å². The molecule has 1 aromatic heterocycles. The number of nitrogens with zero attached hydrogens (tertiary/aromatic N) is 1. The van der Waals surface area contributed by atoms with Crippen LogP contribution in [0.4, 0.5) is 0 Å². The average Bonchev–Trinajstić information content (AvgIpc) is 2.94. The second-order valence-electron chi connectivity index (χ2n) is 5.28. The molecule has 2 heterocycles. The minimum absolute atomic E-state index is 0.208. The van der Waals surface area contributed by atoms with Gasteiger partial charge in [-0.2, -0.15) is 0 Å². The summed E-state index contributed by atoms with van der Waals surface area (Å²) < 4.78 is 4.82. The lowest BCUT2D eigenvalue weighted by Gasteiger charge is -2.38. The van der Waals surface area contributed by atoms with E-state index in [1.165, 1.54) is 24.9 Å². The highest BCUT2D eigenvalue weighted by atomic mass is 32.1. The molecule has 2 rings (SSSR count). The zero-order chi connectivity index (χ0) is 14.5. The first kappa shape index (κ1) is 15.5. The largest absolute Gasteiger partial charge is 0.465 e. The summed E-state index contributed by atoms with van der Waals surface area (Å²) in [6.45, 7) is 3.72. The van der Waals surface area contributed by atoms with Gasteiger partial charge in [0.15, 0.2) is 0 Å². The Hall–Kier alpha value is -0.910. The van der Waals surface area contributed by atoms with Crippen LogP contribution in [0.2, 0.25) is 0 Å². The van der Waals surface area contributed by atoms with E-state index in [9.17, 15) is 9.90 Å². The van der Waals surface area contributed by atoms with Crippen LogP contribution in [0.25, 0.3) is 0 Å². The van der Waals surface area contributed by atoms with Gasteiger partial charge in [0.2, 0.25) is 0 Å². The molecular formula is C15H23NO3S. The van der Waals surface area contributed by atoms with E-state index in [-0.39, 0.29) is 18.1 Å². The van der Waals surface area contributed by atoms with Crippen LogP contribution in [0.1, 0.15) is 47.8 Å². The van der Waals surface area contributed by atoms with Crippen LogP contribution in [0.3, 0.4) is 0 Å². The molecule has 4 nitrogen and oxygen atoms in total. The lowest BCUT2D eigenvalue weighted by atomic mass is 9.95. The number of methoxy groups -OCH3 is 1. The summed E-state index contributed by atoms with van der Waals surface area (Å²) in [7, 11) is 1.41. The third-order valence-electron chi connectivity index (χ3n) is 4.02. The van der Waals surface area contributed by atoms with Gasteiger partial charge >= 0.3 is 5.97 Å². The van der Waals surface area contributed by atoms with E-state index in [2.05, 4.69) is 4.90 Å². The third-order valence-corrected chi connectivity index (χ3v) is 4.95. The van der Waals surface area contributed by atoms with Crippen molar-refractivity contribution in [2.24, 2.45) is 0 Å². The van der Waals surface area contributed by atoms with Gasteiger partial charge < -0.3 is 9.84 Å². The summed E-state index contributed by atoms with van der Waals surface area (Å²) in [5.74, 6) is -0.264.